The third-order valence-electron chi connectivity index (χ3n) is 1.91. The van der Waals surface area contributed by atoms with Crippen LogP contribution in [0.4, 0.5) is 0 Å². The van der Waals surface area contributed by atoms with E-state index in [1.807, 2.05) is 13.8 Å². The van der Waals surface area contributed by atoms with Gasteiger partial charge in [-0.05, 0) is 13.8 Å². The van der Waals surface area contributed by atoms with E-state index in [2.05, 4.69) is 32.6 Å². The maximum atomic E-state index is 9.46. The molecule has 0 aromatic carbocycles. The second-order valence-electron chi connectivity index (χ2n) is 2.91. The minimum absolute atomic E-state index is 0.185. The van der Waals surface area contributed by atoms with Crippen molar-refractivity contribution in [3.63, 3.8) is 0 Å². The van der Waals surface area contributed by atoms with E-state index >= 15 is 0 Å². The summed E-state index contributed by atoms with van der Waals surface area (Å²) in [6.07, 6.45) is 0. The number of fused-ring (bicyclic) bond motifs is 1. The molecule has 2 heterocycles. The first-order valence-corrected chi connectivity index (χ1v) is 4.43. The summed E-state index contributed by atoms with van der Waals surface area (Å²) in [5.74, 6) is -0.185. The van der Waals surface area contributed by atoms with Crippen LogP contribution in [0.25, 0.3) is 11.2 Å². The number of aromatic nitrogens is 4. The van der Waals surface area contributed by atoms with Crippen molar-refractivity contribution in [3.8, 4) is 5.88 Å². The quantitative estimate of drug-likeness (QED) is 0.500. The van der Waals surface area contributed by atoms with E-state index in [0.717, 1.165) is 11.4 Å². The van der Waals surface area contributed by atoms with Gasteiger partial charge >= 0.3 is 0 Å². The molecular formula is C8H8N4OS. The van der Waals surface area contributed by atoms with E-state index in [4.69, 9.17) is 0 Å². The van der Waals surface area contributed by atoms with Crippen LogP contribution in [0.1, 0.15) is 11.4 Å². The van der Waals surface area contributed by atoms with Crippen LogP contribution in [0.15, 0.2) is 5.16 Å². The van der Waals surface area contributed by atoms with Crippen molar-refractivity contribution < 1.29 is 5.11 Å². The summed E-state index contributed by atoms with van der Waals surface area (Å²) < 4.78 is 0. The number of nitrogens with zero attached hydrogens (tertiary/aromatic N) is 4. The normalized spacial score (nSPS) is 10.8. The lowest BCUT2D eigenvalue weighted by Gasteiger charge is -2.02. The topological polar surface area (TPSA) is 71.8 Å². The van der Waals surface area contributed by atoms with Crippen LogP contribution >= 0.6 is 12.6 Å². The van der Waals surface area contributed by atoms with Gasteiger partial charge in [0.15, 0.2) is 16.3 Å². The third kappa shape index (κ3) is 1.37. The Morgan fingerprint density at radius 1 is 1.00 bits per heavy atom. The summed E-state index contributed by atoms with van der Waals surface area (Å²) in [6, 6.07) is 0. The maximum Gasteiger partial charge on any atom is 0.243 e. The summed E-state index contributed by atoms with van der Waals surface area (Å²) in [6.45, 7) is 3.65. The summed E-state index contributed by atoms with van der Waals surface area (Å²) in [5, 5.41) is 9.65. The molecule has 2 aromatic heterocycles. The zero-order chi connectivity index (χ0) is 10.3. The predicted molar refractivity (Wildman–Crippen MR) is 53.5 cm³/mol. The highest BCUT2D eigenvalue weighted by atomic mass is 32.1. The third-order valence-corrected chi connectivity index (χ3v) is 2.11. The SMILES string of the molecule is Cc1nc2nc(S)nc(O)c2nc1C. The lowest BCUT2D eigenvalue weighted by Crippen LogP contribution is -1.97. The van der Waals surface area contributed by atoms with E-state index in [9.17, 15) is 5.11 Å². The molecule has 0 spiro atoms. The predicted octanol–water partition coefficient (Wildman–Crippen LogP) is 1.03. The Hall–Kier alpha value is -1.43. The summed E-state index contributed by atoms with van der Waals surface area (Å²) in [5.41, 5.74) is 2.21. The standard InChI is InChI=1S/C8H8N4OS/c1-3-4(2)10-6-5(9-3)7(13)12-8(14)11-6/h1-2H3,(H2,10,11,12,13,14). The first-order chi connectivity index (χ1) is 6.58. The molecule has 72 valence electrons. The largest absolute Gasteiger partial charge is 0.492 e. The summed E-state index contributed by atoms with van der Waals surface area (Å²) in [4.78, 5) is 16.0. The van der Waals surface area contributed by atoms with E-state index < -0.39 is 0 Å². The molecule has 0 aliphatic heterocycles. The molecule has 1 N–H and O–H groups in total. The minimum Gasteiger partial charge on any atom is -0.492 e. The molecule has 0 saturated heterocycles. The van der Waals surface area contributed by atoms with Crippen molar-refractivity contribution in [2.24, 2.45) is 0 Å². The Morgan fingerprint density at radius 3 is 2.36 bits per heavy atom. The monoisotopic (exact) mass is 208 g/mol. The maximum absolute atomic E-state index is 9.46. The van der Waals surface area contributed by atoms with Crippen LogP contribution in [0.3, 0.4) is 0 Å². The molecule has 0 unspecified atom stereocenters. The number of thiol groups is 1. The van der Waals surface area contributed by atoms with Crippen LogP contribution in [0.5, 0.6) is 5.88 Å². The van der Waals surface area contributed by atoms with Gasteiger partial charge in [0.2, 0.25) is 5.88 Å². The van der Waals surface area contributed by atoms with Gasteiger partial charge < -0.3 is 5.11 Å². The highest BCUT2D eigenvalue weighted by Gasteiger charge is 2.09. The first kappa shape index (κ1) is 9.14. The molecule has 0 bridgehead atoms. The molecule has 5 nitrogen and oxygen atoms in total. The molecule has 6 heteroatoms. The van der Waals surface area contributed by atoms with Crippen LogP contribution in [0, 0.1) is 13.8 Å². The van der Waals surface area contributed by atoms with Crippen molar-refractivity contribution in [2.45, 2.75) is 19.0 Å². The van der Waals surface area contributed by atoms with Gasteiger partial charge in [-0.2, -0.15) is 4.98 Å². The summed E-state index contributed by atoms with van der Waals surface area (Å²) >= 11 is 3.94. The van der Waals surface area contributed by atoms with Crippen molar-refractivity contribution in [1.29, 1.82) is 0 Å². The van der Waals surface area contributed by atoms with Crippen LogP contribution in [-0.4, -0.2) is 25.0 Å². The number of aryl methyl sites for hydroxylation is 2. The molecule has 0 amide bonds. The molecular weight excluding hydrogens is 200 g/mol. The highest BCUT2D eigenvalue weighted by molar-refractivity contribution is 7.80. The number of hydrogen-bond acceptors (Lipinski definition) is 6. The Labute approximate surface area is 85.7 Å². The van der Waals surface area contributed by atoms with Crippen molar-refractivity contribution in [3.05, 3.63) is 11.4 Å². The van der Waals surface area contributed by atoms with Gasteiger partial charge in [0, 0.05) is 0 Å². The van der Waals surface area contributed by atoms with Gasteiger partial charge in [-0.25, -0.2) is 15.0 Å². The zero-order valence-corrected chi connectivity index (χ0v) is 8.58. The number of rotatable bonds is 0. The van der Waals surface area contributed by atoms with E-state index in [-0.39, 0.29) is 11.0 Å². The van der Waals surface area contributed by atoms with Crippen LogP contribution in [-0.2, 0) is 0 Å². The second-order valence-corrected chi connectivity index (χ2v) is 3.31. The fraction of sp³-hybridized carbons (Fsp3) is 0.250. The molecule has 0 atom stereocenters. The Balaban J connectivity index is 2.89. The molecule has 0 aliphatic rings. The van der Waals surface area contributed by atoms with Crippen molar-refractivity contribution in [1.82, 2.24) is 19.9 Å². The fourth-order valence-electron chi connectivity index (χ4n) is 1.09. The van der Waals surface area contributed by atoms with E-state index in [0.29, 0.717) is 11.2 Å². The fourth-order valence-corrected chi connectivity index (χ4v) is 1.28. The first-order valence-electron chi connectivity index (χ1n) is 3.99. The lowest BCUT2D eigenvalue weighted by molar-refractivity contribution is 0.451. The number of aromatic hydroxyl groups is 1. The average Bonchev–Trinajstić information content (AvgIpc) is 2.08. The smallest absolute Gasteiger partial charge is 0.243 e. The molecule has 0 fully saturated rings. The molecule has 0 radical (unpaired) electrons. The van der Waals surface area contributed by atoms with Gasteiger partial charge in [0.25, 0.3) is 0 Å². The van der Waals surface area contributed by atoms with E-state index in [1.54, 1.807) is 0 Å². The molecule has 2 aromatic rings. The highest BCUT2D eigenvalue weighted by Crippen LogP contribution is 2.19. The van der Waals surface area contributed by atoms with Gasteiger partial charge in [-0.15, -0.1) is 12.6 Å². The Morgan fingerprint density at radius 2 is 1.64 bits per heavy atom. The van der Waals surface area contributed by atoms with Gasteiger partial charge in [0.05, 0.1) is 11.4 Å². The average molecular weight is 208 g/mol. The van der Waals surface area contributed by atoms with Gasteiger partial charge in [0.1, 0.15) is 0 Å². The molecule has 2 rings (SSSR count). The second kappa shape index (κ2) is 3.06. The van der Waals surface area contributed by atoms with Gasteiger partial charge in [-0.1, -0.05) is 0 Å². The zero-order valence-electron chi connectivity index (χ0n) is 7.68. The van der Waals surface area contributed by atoms with Crippen molar-refractivity contribution >= 4 is 23.8 Å². The Kier molecular flexibility index (Phi) is 1.99. The molecule has 0 saturated carbocycles. The minimum atomic E-state index is -0.185. The summed E-state index contributed by atoms with van der Waals surface area (Å²) in [7, 11) is 0. The van der Waals surface area contributed by atoms with E-state index in [1.165, 1.54) is 0 Å². The van der Waals surface area contributed by atoms with Gasteiger partial charge in [-0.3, -0.25) is 0 Å². The van der Waals surface area contributed by atoms with Crippen LogP contribution < -0.4 is 0 Å². The molecule has 0 aliphatic carbocycles. The van der Waals surface area contributed by atoms with Crippen LogP contribution in [0.2, 0.25) is 0 Å². The van der Waals surface area contributed by atoms with Crippen molar-refractivity contribution in [2.75, 3.05) is 0 Å². The lowest BCUT2D eigenvalue weighted by atomic mass is 10.3. The number of hydrogen-bond donors (Lipinski definition) is 2. The molecule has 14 heavy (non-hydrogen) atoms. The Bertz CT molecular complexity index is 514.